The van der Waals surface area contributed by atoms with Crippen LogP contribution >= 0.6 is 0 Å². The van der Waals surface area contributed by atoms with E-state index in [9.17, 15) is 9.90 Å². The maximum Gasteiger partial charge on any atom is 0.244 e. The third-order valence-electron chi connectivity index (χ3n) is 2.94. The Labute approximate surface area is 108 Å². The fourth-order valence-electron chi connectivity index (χ4n) is 1.34. The van der Waals surface area contributed by atoms with E-state index >= 15 is 0 Å². The number of aryl methyl sites for hydroxylation is 1. The Balaban J connectivity index is 2.48. The molecule has 0 saturated heterocycles. The van der Waals surface area contributed by atoms with Crippen LogP contribution in [0.2, 0.25) is 0 Å². The molecule has 18 heavy (non-hydrogen) atoms. The van der Waals surface area contributed by atoms with Gasteiger partial charge in [0.25, 0.3) is 0 Å². The average molecular weight is 251 g/mol. The number of carbonyl (C=O) groups excluding carboxylic acids is 1. The van der Waals surface area contributed by atoms with Gasteiger partial charge in [0.15, 0.2) is 0 Å². The lowest BCUT2D eigenvalue weighted by Gasteiger charge is -2.13. The number of aliphatic hydroxyl groups is 1. The first-order valence-corrected chi connectivity index (χ1v) is 6.04. The molecule has 1 aromatic heterocycles. The molecule has 2 N–H and O–H groups in total. The quantitative estimate of drug-likeness (QED) is 0.763. The van der Waals surface area contributed by atoms with Crippen molar-refractivity contribution in [3.63, 3.8) is 0 Å². The highest BCUT2D eigenvalue weighted by Crippen LogP contribution is 2.07. The molecule has 1 heterocycles. The summed E-state index contributed by atoms with van der Waals surface area (Å²) in [6.45, 7) is 6.03. The number of hydrogen-bond acceptors (Lipinski definition) is 3. The van der Waals surface area contributed by atoms with Crippen molar-refractivity contribution >= 4 is 12.0 Å². The van der Waals surface area contributed by atoms with Crippen molar-refractivity contribution in [2.45, 2.75) is 26.9 Å². The normalized spacial score (nSPS) is 13.2. The maximum absolute atomic E-state index is 11.5. The summed E-state index contributed by atoms with van der Waals surface area (Å²) < 4.78 is 1.75. The summed E-state index contributed by atoms with van der Waals surface area (Å²) >= 11 is 0. The van der Waals surface area contributed by atoms with Gasteiger partial charge in [-0.25, -0.2) is 0 Å². The number of nitrogens with one attached hydrogen (secondary N) is 1. The molecule has 100 valence electrons. The van der Waals surface area contributed by atoms with Crippen LogP contribution in [0.3, 0.4) is 0 Å². The Hall–Kier alpha value is -1.62. The van der Waals surface area contributed by atoms with Gasteiger partial charge in [0.1, 0.15) is 0 Å². The second kappa shape index (κ2) is 6.35. The van der Waals surface area contributed by atoms with Crippen LogP contribution in [0.4, 0.5) is 0 Å². The molecule has 0 spiro atoms. The summed E-state index contributed by atoms with van der Waals surface area (Å²) in [4.78, 5) is 11.5. The number of amides is 1. The molecule has 5 nitrogen and oxygen atoms in total. The first-order valence-electron chi connectivity index (χ1n) is 6.04. The van der Waals surface area contributed by atoms with Crippen LogP contribution in [0.1, 0.15) is 25.1 Å². The van der Waals surface area contributed by atoms with Gasteiger partial charge < -0.3 is 10.4 Å². The van der Waals surface area contributed by atoms with E-state index in [1.54, 1.807) is 17.0 Å². The molecular formula is C13H21N3O2. The highest BCUT2D eigenvalue weighted by Gasteiger charge is 2.09. The van der Waals surface area contributed by atoms with Crippen molar-refractivity contribution in [1.82, 2.24) is 15.1 Å². The van der Waals surface area contributed by atoms with Gasteiger partial charge in [-0.2, -0.15) is 5.10 Å². The summed E-state index contributed by atoms with van der Waals surface area (Å²) in [6.07, 6.45) is 4.38. The Morgan fingerprint density at radius 2 is 2.28 bits per heavy atom. The van der Waals surface area contributed by atoms with Crippen molar-refractivity contribution in [2.75, 3.05) is 6.54 Å². The third-order valence-corrected chi connectivity index (χ3v) is 2.94. The van der Waals surface area contributed by atoms with E-state index in [4.69, 9.17) is 0 Å². The highest BCUT2D eigenvalue weighted by atomic mass is 16.3. The van der Waals surface area contributed by atoms with Crippen LogP contribution in [0.25, 0.3) is 6.08 Å². The SMILES string of the molecule is Cc1c(/C=C/C(=O)NCC(O)C(C)C)cnn1C. The van der Waals surface area contributed by atoms with Gasteiger partial charge in [-0.05, 0) is 18.9 Å². The third kappa shape index (κ3) is 4.00. The predicted molar refractivity (Wildman–Crippen MR) is 70.8 cm³/mol. The predicted octanol–water partition coefficient (Wildman–Crippen LogP) is 0.875. The van der Waals surface area contributed by atoms with E-state index in [-0.39, 0.29) is 18.4 Å². The van der Waals surface area contributed by atoms with Gasteiger partial charge >= 0.3 is 0 Å². The molecule has 1 amide bonds. The van der Waals surface area contributed by atoms with Gasteiger partial charge in [-0.15, -0.1) is 0 Å². The Morgan fingerprint density at radius 3 is 2.78 bits per heavy atom. The average Bonchev–Trinajstić information content (AvgIpc) is 2.64. The standard InChI is InChI=1S/C13H21N3O2/c1-9(2)12(17)8-14-13(18)6-5-11-7-15-16(4)10(11)3/h5-7,9,12,17H,8H2,1-4H3,(H,14,18)/b6-5+. The van der Waals surface area contributed by atoms with E-state index < -0.39 is 6.10 Å². The van der Waals surface area contributed by atoms with Crippen molar-refractivity contribution in [3.05, 3.63) is 23.5 Å². The second-order valence-corrected chi connectivity index (χ2v) is 4.70. The molecule has 5 heteroatoms. The number of rotatable bonds is 5. The number of aliphatic hydroxyl groups excluding tert-OH is 1. The molecule has 0 saturated carbocycles. The topological polar surface area (TPSA) is 67.2 Å². The smallest absolute Gasteiger partial charge is 0.244 e. The highest BCUT2D eigenvalue weighted by molar-refractivity contribution is 5.91. The van der Waals surface area contributed by atoms with E-state index in [0.717, 1.165) is 11.3 Å². The minimum Gasteiger partial charge on any atom is -0.391 e. The molecule has 1 aromatic rings. The summed E-state index contributed by atoms with van der Waals surface area (Å²) in [6, 6.07) is 0. The number of nitrogens with zero attached hydrogens (tertiary/aromatic N) is 2. The van der Waals surface area contributed by atoms with Gasteiger partial charge in [0.05, 0.1) is 12.3 Å². The summed E-state index contributed by atoms with van der Waals surface area (Å²) in [5.74, 6) is -0.0761. The molecule has 1 rings (SSSR count). The fourth-order valence-corrected chi connectivity index (χ4v) is 1.34. The van der Waals surface area contributed by atoms with Gasteiger partial charge in [0, 0.05) is 30.9 Å². The van der Waals surface area contributed by atoms with Gasteiger partial charge in [0.2, 0.25) is 5.91 Å². The van der Waals surface area contributed by atoms with E-state index in [0.29, 0.717) is 0 Å². The Kier molecular flexibility index (Phi) is 5.09. The Bertz CT molecular complexity index is 435. The lowest BCUT2D eigenvalue weighted by Crippen LogP contribution is -2.33. The molecule has 1 unspecified atom stereocenters. The summed E-state index contributed by atoms with van der Waals surface area (Å²) in [5, 5.41) is 16.3. The first-order chi connectivity index (χ1) is 8.41. The molecule has 1 atom stereocenters. The van der Waals surface area contributed by atoms with E-state index in [1.165, 1.54) is 6.08 Å². The molecule has 0 aliphatic heterocycles. The number of hydrogen-bond donors (Lipinski definition) is 2. The maximum atomic E-state index is 11.5. The van der Waals surface area contributed by atoms with Crippen LogP contribution < -0.4 is 5.32 Å². The fraction of sp³-hybridized carbons (Fsp3) is 0.538. The molecule has 0 aliphatic carbocycles. The molecule has 0 bridgehead atoms. The van der Waals surface area contributed by atoms with E-state index in [1.807, 2.05) is 27.8 Å². The molecule has 0 radical (unpaired) electrons. The molecule has 0 aliphatic rings. The molecular weight excluding hydrogens is 230 g/mol. The minimum atomic E-state index is -0.512. The Morgan fingerprint density at radius 1 is 1.61 bits per heavy atom. The van der Waals surface area contributed by atoms with Crippen LogP contribution in [0.15, 0.2) is 12.3 Å². The minimum absolute atomic E-state index is 0.134. The van der Waals surface area contributed by atoms with E-state index in [2.05, 4.69) is 10.4 Å². The number of aromatic nitrogens is 2. The zero-order valence-corrected chi connectivity index (χ0v) is 11.3. The lowest BCUT2D eigenvalue weighted by atomic mass is 10.1. The lowest BCUT2D eigenvalue weighted by molar-refractivity contribution is -0.117. The number of carbonyl (C=O) groups is 1. The zero-order chi connectivity index (χ0) is 13.7. The van der Waals surface area contributed by atoms with Crippen molar-refractivity contribution in [2.24, 2.45) is 13.0 Å². The largest absolute Gasteiger partial charge is 0.391 e. The zero-order valence-electron chi connectivity index (χ0n) is 11.3. The van der Waals surface area contributed by atoms with Crippen LogP contribution in [0, 0.1) is 12.8 Å². The van der Waals surface area contributed by atoms with Gasteiger partial charge in [-0.1, -0.05) is 13.8 Å². The van der Waals surface area contributed by atoms with Gasteiger partial charge in [-0.3, -0.25) is 9.48 Å². The monoisotopic (exact) mass is 251 g/mol. The summed E-state index contributed by atoms with van der Waals surface area (Å²) in [5.41, 5.74) is 1.92. The second-order valence-electron chi connectivity index (χ2n) is 4.70. The van der Waals surface area contributed by atoms with Crippen molar-refractivity contribution < 1.29 is 9.90 Å². The van der Waals surface area contributed by atoms with Crippen LogP contribution in [-0.4, -0.2) is 33.4 Å². The van der Waals surface area contributed by atoms with Crippen molar-refractivity contribution in [3.8, 4) is 0 Å². The molecule has 0 fully saturated rings. The molecule has 0 aromatic carbocycles. The van der Waals surface area contributed by atoms with Crippen molar-refractivity contribution in [1.29, 1.82) is 0 Å². The van der Waals surface area contributed by atoms with Crippen LogP contribution in [-0.2, 0) is 11.8 Å². The van der Waals surface area contributed by atoms with Crippen LogP contribution in [0.5, 0.6) is 0 Å². The summed E-state index contributed by atoms with van der Waals surface area (Å²) in [7, 11) is 1.85. The first kappa shape index (κ1) is 14.4.